The Balaban J connectivity index is 1.20. The van der Waals surface area contributed by atoms with E-state index in [2.05, 4.69) is 16.0 Å². The Hall–Kier alpha value is -4.97. The van der Waals surface area contributed by atoms with Gasteiger partial charge in [-0.05, 0) is 49.2 Å². The number of carbonyl (C=O) groups excluding carboxylic acids is 2. The van der Waals surface area contributed by atoms with Crippen molar-refractivity contribution in [2.75, 3.05) is 18.9 Å². The summed E-state index contributed by atoms with van der Waals surface area (Å²) in [4.78, 5) is 34.9. The minimum Gasteiger partial charge on any atom is -0.478 e. The van der Waals surface area contributed by atoms with Crippen LogP contribution < -0.4 is 10.5 Å². The van der Waals surface area contributed by atoms with Gasteiger partial charge in [0.05, 0.1) is 35.6 Å². The Morgan fingerprint density at radius 1 is 1.03 bits per heavy atom. The molecule has 2 N–H and O–H groups in total. The number of furan rings is 1. The smallest absolute Gasteiger partial charge is 0.261 e. The first kappa shape index (κ1) is 22.8. The summed E-state index contributed by atoms with van der Waals surface area (Å²) in [6.45, 7) is 0.707. The number of nitrogens with two attached hydrogens (primary N) is 1. The van der Waals surface area contributed by atoms with E-state index in [1.165, 1.54) is 17.2 Å². The number of aromatic nitrogens is 2. The second-order valence-corrected chi connectivity index (χ2v) is 8.16. The monoisotopic (exact) mass is 479 g/mol. The van der Waals surface area contributed by atoms with Crippen molar-refractivity contribution in [3.8, 4) is 34.5 Å². The van der Waals surface area contributed by atoms with E-state index in [0.717, 1.165) is 0 Å². The lowest BCUT2D eigenvalue weighted by molar-refractivity contribution is 0.0649. The molecule has 4 aromatic rings. The van der Waals surface area contributed by atoms with Crippen LogP contribution in [0.15, 0.2) is 71.5 Å². The van der Waals surface area contributed by atoms with Crippen LogP contribution in [0.5, 0.6) is 5.88 Å². The fourth-order valence-electron chi connectivity index (χ4n) is 4.14. The van der Waals surface area contributed by atoms with Crippen molar-refractivity contribution < 1.29 is 18.7 Å². The molecule has 178 valence electrons. The van der Waals surface area contributed by atoms with E-state index < -0.39 is 0 Å². The number of carbonyl (C=O) groups is 2. The molecule has 0 saturated heterocycles. The molecule has 2 amide bonds. The maximum Gasteiger partial charge on any atom is 0.261 e. The second kappa shape index (κ2) is 9.72. The molecule has 4 heterocycles. The summed E-state index contributed by atoms with van der Waals surface area (Å²) in [7, 11) is 0. The maximum atomic E-state index is 12.4. The SMILES string of the molecule is N#Cc1cc(N)nc(-c2ccco2)c1-c1ccc(OCCCCN2C(=O)c3ccccc3C2=O)nc1. The van der Waals surface area contributed by atoms with Gasteiger partial charge < -0.3 is 14.9 Å². The van der Waals surface area contributed by atoms with Crippen LogP contribution in [0.4, 0.5) is 5.82 Å². The van der Waals surface area contributed by atoms with E-state index in [1.807, 2.05) is 0 Å². The van der Waals surface area contributed by atoms with Crippen LogP contribution in [0.1, 0.15) is 39.1 Å². The number of hydrogen-bond acceptors (Lipinski definition) is 8. The summed E-state index contributed by atoms with van der Waals surface area (Å²) >= 11 is 0. The highest BCUT2D eigenvalue weighted by Gasteiger charge is 2.34. The van der Waals surface area contributed by atoms with E-state index in [0.29, 0.717) is 71.1 Å². The third-order valence-electron chi connectivity index (χ3n) is 5.84. The number of nitriles is 1. The van der Waals surface area contributed by atoms with Crippen molar-refractivity contribution in [3.63, 3.8) is 0 Å². The molecular formula is C27H21N5O4. The van der Waals surface area contributed by atoms with Crippen LogP contribution in [0.3, 0.4) is 0 Å². The Morgan fingerprint density at radius 3 is 2.44 bits per heavy atom. The minimum absolute atomic E-state index is 0.218. The van der Waals surface area contributed by atoms with Crippen molar-refractivity contribution in [1.82, 2.24) is 14.9 Å². The Kier molecular flexibility index (Phi) is 6.16. The predicted molar refractivity (Wildman–Crippen MR) is 131 cm³/mol. The van der Waals surface area contributed by atoms with Crippen LogP contribution in [0.25, 0.3) is 22.6 Å². The van der Waals surface area contributed by atoms with Crippen molar-refractivity contribution >= 4 is 17.6 Å². The first-order chi connectivity index (χ1) is 17.6. The number of amides is 2. The van der Waals surface area contributed by atoms with Crippen LogP contribution in [-0.4, -0.2) is 39.8 Å². The average molecular weight is 479 g/mol. The van der Waals surface area contributed by atoms with Gasteiger partial charge in [0.15, 0.2) is 5.76 Å². The fourth-order valence-corrected chi connectivity index (χ4v) is 4.14. The lowest BCUT2D eigenvalue weighted by Gasteiger charge is -2.14. The second-order valence-electron chi connectivity index (χ2n) is 8.16. The highest BCUT2D eigenvalue weighted by molar-refractivity contribution is 6.21. The van der Waals surface area contributed by atoms with Crippen molar-refractivity contribution in [2.45, 2.75) is 12.8 Å². The summed E-state index contributed by atoms with van der Waals surface area (Å²) in [6, 6.07) is 17.5. The van der Waals surface area contributed by atoms with E-state index in [4.69, 9.17) is 14.9 Å². The van der Waals surface area contributed by atoms with Gasteiger partial charge in [-0.25, -0.2) is 9.97 Å². The molecule has 36 heavy (non-hydrogen) atoms. The Bertz CT molecular complexity index is 1440. The van der Waals surface area contributed by atoms with Gasteiger partial charge >= 0.3 is 0 Å². The molecule has 0 atom stereocenters. The summed E-state index contributed by atoms with van der Waals surface area (Å²) in [6.07, 6.45) is 4.38. The number of hydrogen-bond donors (Lipinski definition) is 1. The molecule has 0 spiro atoms. The average Bonchev–Trinajstić information content (AvgIpc) is 3.52. The fraction of sp³-hybridized carbons (Fsp3) is 0.148. The number of nitrogen functional groups attached to an aromatic ring is 1. The third-order valence-corrected chi connectivity index (χ3v) is 5.84. The molecule has 9 nitrogen and oxygen atoms in total. The van der Waals surface area contributed by atoms with Crippen molar-refractivity contribution in [3.05, 3.63) is 83.7 Å². The van der Waals surface area contributed by atoms with Crippen LogP contribution in [0, 0.1) is 11.3 Å². The molecule has 3 aromatic heterocycles. The third kappa shape index (κ3) is 4.28. The quantitative estimate of drug-likeness (QED) is 0.292. The summed E-state index contributed by atoms with van der Waals surface area (Å²) in [5.41, 5.74) is 8.85. The van der Waals surface area contributed by atoms with Gasteiger partial charge in [-0.1, -0.05) is 12.1 Å². The zero-order valence-corrected chi connectivity index (χ0v) is 19.2. The van der Waals surface area contributed by atoms with Gasteiger partial charge in [-0.3, -0.25) is 14.5 Å². The molecule has 1 aliphatic heterocycles. The lowest BCUT2D eigenvalue weighted by Crippen LogP contribution is -2.30. The van der Waals surface area contributed by atoms with Crippen molar-refractivity contribution in [1.29, 1.82) is 5.26 Å². The zero-order chi connectivity index (χ0) is 25.1. The molecule has 0 fully saturated rings. The Morgan fingerprint density at radius 2 is 1.81 bits per heavy atom. The molecule has 9 heteroatoms. The number of ether oxygens (including phenoxy) is 1. The van der Waals surface area contributed by atoms with E-state index in [1.54, 1.807) is 54.7 Å². The van der Waals surface area contributed by atoms with Crippen LogP contribution in [0.2, 0.25) is 0 Å². The van der Waals surface area contributed by atoms with Gasteiger partial charge in [0.25, 0.3) is 11.8 Å². The predicted octanol–water partition coefficient (Wildman–Crippen LogP) is 4.31. The summed E-state index contributed by atoms with van der Waals surface area (Å²) in [5.74, 6) is 0.622. The molecule has 5 rings (SSSR count). The number of nitrogens with zero attached hydrogens (tertiary/aromatic N) is 4. The van der Waals surface area contributed by atoms with Gasteiger partial charge in [0, 0.05) is 29.9 Å². The lowest BCUT2D eigenvalue weighted by atomic mass is 9.99. The molecule has 1 aromatic carbocycles. The molecule has 0 saturated carbocycles. The standard InChI is InChI=1S/C27H21N5O4/c28-15-18-14-22(29)31-25(21-8-5-13-35-21)24(18)17-9-10-23(30-16-17)36-12-4-3-11-32-26(33)19-6-1-2-7-20(19)27(32)34/h1-2,5-10,13-14,16H,3-4,11-12H2,(H2,29,31). The van der Waals surface area contributed by atoms with Gasteiger partial charge in [0.1, 0.15) is 11.5 Å². The normalized spacial score (nSPS) is 12.5. The first-order valence-corrected chi connectivity index (χ1v) is 11.4. The maximum absolute atomic E-state index is 12.4. The number of anilines is 1. The Labute approximate surface area is 206 Å². The van der Waals surface area contributed by atoms with E-state index >= 15 is 0 Å². The minimum atomic E-state index is -0.253. The largest absolute Gasteiger partial charge is 0.478 e. The van der Waals surface area contributed by atoms with E-state index in [9.17, 15) is 14.9 Å². The highest BCUT2D eigenvalue weighted by Crippen LogP contribution is 2.35. The molecule has 1 aliphatic rings. The number of unbranched alkanes of at least 4 members (excludes halogenated alkanes) is 1. The van der Waals surface area contributed by atoms with Crippen molar-refractivity contribution in [2.24, 2.45) is 0 Å². The highest BCUT2D eigenvalue weighted by atomic mass is 16.5. The first-order valence-electron chi connectivity index (χ1n) is 11.4. The van der Waals surface area contributed by atoms with E-state index in [-0.39, 0.29) is 17.6 Å². The number of fused-ring (bicyclic) bond motifs is 1. The molecular weight excluding hydrogens is 458 g/mol. The van der Waals surface area contributed by atoms with Gasteiger partial charge in [-0.2, -0.15) is 5.26 Å². The molecule has 0 unspecified atom stereocenters. The van der Waals surface area contributed by atoms with Crippen LogP contribution in [-0.2, 0) is 0 Å². The topological polar surface area (TPSA) is 135 Å². The zero-order valence-electron chi connectivity index (χ0n) is 19.2. The summed E-state index contributed by atoms with van der Waals surface area (Å²) in [5, 5.41) is 9.66. The number of rotatable bonds is 8. The number of pyridine rings is 2. The van der Waals surface area contributed by atoms with Gasteiger partial charge in [-0.15, -0.1) is 0 Å². The van der Waals surface area contributed by atoms with Crippen LogP contribution >= 0.6 is 0 Å². The molecule has 0 bridgehead atoms. The summed E-state index contributed by atoms with van der Waals surface area (Å²) < 4.78 is 11.2. The number of imide groups is 1. The van der Waals surface area contributed by atoms with Gasteiger partial charge in [0.2, 0.25) is 5.88 Å². The molecule has 0 radical (unpaired) electrons. The molecule has 0 aliphatic carbocycles. The number of benzene rings is 1.